The normalized spacial score (nSPS) is 10.9. The summed E-state index contributed by atoms with van der Waals surface area (Å²) in [4.78, 5) is 15.5. The third kappa shape index (κ3) is 3.35. The van der Waals surface area contributed by atoms with Crippen molar-refractivity contribution in [3.63, 3.8) is 0 Å². The summed E-state index contributed by atoms with van der Waals surface area (Å²) >= 11 is 0. The summed E-state index contributed by atoms with van der Waals surface area (Å²) < 4.78 is 44.7. The van der Waals surface area contributed by atoms with Crippen LogP contribution in [0.25, 0.3) is 0 Å². The van der Waals surface area contributed by atoms with Crippen LogP contribution < -0.4 is 9.64 Å². The van der Waals surface area contributed by atoms with Gasteiger partial charge in [-0.2, -0.15) is 8.78 Å². The van der Waals surface area contributed by atoms with E-state index < -0.39 is 23.0 Å². The predicted molar refractivity (Wildman–Crippen MR) is 75.2 cm³/mol. The fraction of sp³-hybridized carbons (Fsp3) is 0.308. The van der Waals surface area contributed by atoms with E-state index in [-0.39, 0.29) is 23.8 Å². The van der Waals surface area contributed by atoms with E-state index in [1.165, 1.54) is 25.3 Å². The van der Waals surface area contributed by atoms with E-state index in [4.69, 9.17) is 4.74 Å². The standard InChI is InChI=1S/C13H13F3N4O3/c1-18(7-12-17-3-4-19(12)13(15)16)9-6-11(23-2)8(14)5-10(9)20(21)22/h3-6,13H,7H2,1-2H3. The summed E-state index contributed by atoms with van der Waals surface area (Å²) in [5.74, 6) is -1.06. The number of rotatable bonds is 6. The summed E-state index contributed by atoms with van der Waals surface area (Å²) in [6.07, 6.45) is 2.31. The maximum Gasteiger partial charge on any atom is 0.319 e. The molecule has 0 radical (unpaired) electrons. The van der Waals surface area contributed by atoms with Gasteiger partial charge in [0.05, 0.1) is 24.6 Å². The molecule has 0 unspecified atom stereocenters. The quantitative estimate of drug-likeness (QED) is 0.601. The fourth-order valence-electron chi connectivity index (χ4n) is 2.08. The number of aromatic nitrogens is 2. The SMILES string of the molecule is COc1cc(N(C)Cc2nccn2C(F)F)c([N+](=O)[O-])cc1F. The third-order valence-corrected chi connectivity index (χ3v) is 3.19. The summed E-state index contributed by atoms with van der Waals surface area (Å²) in [6, 6.07) is 1.87. The Morgan fingerprint density at radius 1 is 1.48 bits per heavy atom. The van der Waals surface area contributed by atoms with Crippen molar-refractivity contribution in [1.29, 1.82) is 0 Å². The molecule has 0 saturated heterocycles. The zero-order valence-electron chi connectivity index (χ0n) is 12.2. The average molecular weight is 330 g/mol. The molecular weight excluding hydrogens is 317 g/mol. The molecule has 0 fully saturated rings. The Kier molecular flexibility index (Phi) is 4.72. The molecule has 10 heteroatoms. The fourth-order valence-corrected chi connectivity index (χ4v) is 2.08. The molecule has 7 nitrogen and oxygen atoms in total. The number of halogens is 3. The predicted octanol–water partition coefficient (Wildman–Crippen LogP) is 2.97. The van der Waals surface area contributed by atoms with Crippen LogP contribution in [0, 0.1) is 15.9 Å². The molecule has 2 aromatic rings. The Hall–Kier alpha value is -2.78. The average Bonchev–Trinajstić information content (AvgIpc) is 2.94. The molecule has 1 aromatic carbocycles. The Morgan fingerprint density at radius 2 is 2.17 bits per heavy atom. The van der Waals surface area contributed by atoms with Crippen LogP contribution in [0.15, 0.2) is 24.5 Å². The maximum atomic E-state index is 13.6. The zero-order chi connectivity index (χ0) is 17.1. The van der Waals surface area contributed by atoms with Gasteiger partial charge in [0.1, 0.15) is 11.5 Å². The van der Waals surface area contributed by atoms with Crippen LogP contribution in [0.2, 0.25) is 0 Å². The van der Waals surface area contributed by atoms with E-state index in [0.29, 0.717) is 4.57 Å². The largest absolute Gasteiger partial charge is 0.494 e. The molecular formula is C13H13F3N4O3. The lowest BCUT2D eigenvalue weighted by Gasteiger charge is -2.20. The molecule has 0 aliphatic carbocycles. The summed E-state index contributed by atoms with van der Waals surface area (Å²) in [6.45, 7) is -2.91. The monoisotopic (exact) mass is 330 g/mol. The van der Waals surface area contributed by atoms with Crippen molar-refractivity contribution in [3.8, 4) is 5.75 Å². The van der Waals surface area contributed by atoms with E-state index in [0.717, 1.165) is 18.3 Å². The zero-order valence-corrected chi connectivity index (χ0v) is 12.2. The Morgan fingerprint density at radius 3 is 2.74 bits per heavy atom. The van der Waals surface area contributed by atoms with Crippen molar-refractivity contribution in [3.05, 3.63) is 46.3 Å². The molecule has 23 heavy (non-hydrogen) atoms. The first-order valence-electron chi connectivity index (χ1n) is 6.38. The van der Waals surface area contributed by atoms with Gasteiger partial charge in [0.2, 0.25) is 0 Å². The van der Waals surface area contributed by atoms with E-state index in [9.17, 15) is 23.3 Å². The molecule has 0 N–H and O–H groups in total. The van der Waals surface area contributed by atoms with Crippen molar-refractivity contribution in [2.45, 2.75) is 13.1 Å². The second-order valence-electron chi connectivity index (χ2n) is 4.62. The van der Waals surface area contributed by atoms with Crippen LogP contribution in [0.1, 0.15) is 12.4 Å². The van der Waals surface area contributed by atoms with Crippen LogP contribution in [0.3, 0.4) is 0 Å². The Bertz CT molecular complexity index is 720. The van der Waals surface area contributed by atoms with E-state index in [1.54, 1.807) is 0 Å². The van der Waals surface area contributed by atoms with Gasteiger partial charge in [-0.05, 0) is 0 Å². The smallest absolute Gasteiger partial charge is 0.319 e. The van der Waals surface area contributed by atoms with Gasteiger partial charge >= 0.3 is 6.55 Å². The number of benzene rings is 1. The first-order valence-corrected chi connectivity index (χ1v) is 6.38. The maximum absolute atomic E-state index is 13.6. The molecule has 1 aromatic heterocycles. The Labute approximate surface area is 129 Å². The number of alkyl halides is 2. The van der Waals surface area contributed by atoms with E-state index in [2.05, 4.69) is 4.98 Å². The van der Waals surface area contributed by atoms with Crippen molar-refractivity contribution < 1.29 is 22.8 Å². The lowest BCUT2D eigenvalue weighted by Crippen LogP contribution is -2.21. The van der Waals surface area contributed by atoms with Gasteiger partial charge in [0, 0.05) is 25.5 Å². The van der Waals surface area contributed by atoms with Crippen LogP contribution in [-0.2, 0) is 6.54 Å². The number of imidazole rings is 1. The number of hydrogen-bond acceptors (Lipinski definition) is 5. The van der Waals surface area contributed by atoms with Gasteiger partial charge in [-0.3, -0.25) is 14.7 Å². The van der Waals surface area contributed by atoms with Crippen LogP contribution >= 0.6 is 0 Å². The number of ether oxygens (including phenoxy) is 1. The van der Waals surface area contributed by atoms with Crippen LogP contribution in [0.4, 0.5) is 24.5 Å². The van der Waals surface area contributed by atoms with Crippen molar-refractivity contribution in [1.82, 2.24) is 9.55 Å². The Balaban J connectivity index is 2.39. The number of anilines is 1. The minimum atomic E-state index is -2.78. The van der Waals surface area contributed by atoms with Crippen molar-refractivity contribution in [2.75, 3.05) is 19.1 Å². The molecule has 0 saturated carbocycles. The molecule has 1 heterocycles. The minimum Gasteiger partial charge on any atom is -0.494 e. The first kappa shape index (κ1) is 16.6. The molecule has 124 valence electrons. The number of nitro groups is 1. The molecule has 0 amide bonds. The van der Waals surface area contributed by atoms with E-state index >= 15 is 0 Å². The highest BCUT2D eigenvalue weighted by molar-refractivity contribution is 5.65. The van der Waals surface area contributed by atoms with Gasteiger partial charge < -0.3 is 9.64 Å². The minimum absolute atomic E-state index is 0.0140. The van der Waals surface area contributed by atoms with E-state index in [1.807, 2.05) is 0 Å². The highest BCUT2D eigenvalue weighted by Gasteiger charge is 2.23. The second-order valence-corrected chi connectivity index (χ2v) is 4.62. The van der Waals surface area contributed by atoms with Gasteiger partial charge in [0.25, 0.3) is 5.69 Å². The number of nitro benzene ring substituents is 1. The first-order chi connectivity index (χ1) is 10.8. The highest BCUT2D eigenvalue weighted by Crippen LogP contribution is 2.34. The number of nitrogens with zero attached hydrogens (tertiary/aromatic N) is 4. The summed E-state index contributed by atoms with van der Waals surface area (Å²) in [7, 11) is 2.67. The number of methoxy groups -OCH3 is 1. The third-order valence-electron chi connectivity index (χ3n) is 3.19. The molecule has 0 atom stereocenters. The van der Waals surface area contributed by atoms with Crippen LogP contribution in [-0.4, -0.2) is 28.6 Å². The second kappa shape index (κ2) is 6.55. The van der Waals surface area contributed by atoms with Crippen LogP contribution in [0.5, 0.6) is 5.75 Å². The van der Waals surface area contributed by atoms with Gasteiger partial charge in [-0.25, -0.2) is 9.37 Å². The molecule has 0 bridgehead atoms. The molecule has 0 aliphatic heterocycles. The number of hydrogen-bond donors (Lipinski definition) is 0. The summed E-state index contributed by atoms with van der Waals surface area (Å²) in [5, 5.41) is 11.1. The van der Waals surface area contributed by atoms with Gasteiger partial charge in [-0.15, -0.1) is 0 Å². The lowest BCUT2D eigenvalue weighted by atomic mass is 10.2. The molecule has 2 rings (SSSR count). The summed E-state index contributed by atoms with van der Waals surface area (Å²) in [5.41, 5.74) is -0.474. The van der Waals surface area contributed by atoms with Crippen molar-refractivity contribution >= 4 is 11.4 Å². The van der Waals surface area contributed by atoms with Crippen molar-refractivity contribution in [2.24, 2.45) is 0 Å². The lowest BCUT2D eigenvalue weighted by molar-refractivity contribution is -0.384. The topological polar surface area (TPSA) is 73.4 Å². The molecule has 0 spiro atoms. The highest BCUT2D eigenvalue weighted by atomic mass is 19.3. The van der Waals surface area contributed by atoms with Gasteiger partial charge in [0.15, 0.2) is 11.6 Å². The van der Waals surface area contributed by atoms with Gasteiger partial charge in [-0.1, -0.05) is 0 Å². The molecule has 0 aliphatic rings.